The first-order valence-corrected chi connectivity index (χ1v) is 9.44. The number of hydrogen-bond acceptors (Lipinski definition) is 7. The van der Waals surface area contributed by atoms with Crippen LogP contribution in [0.4, 0.5) is 5.69 Å². The molecule has 3 aromatic rings. The van der Waals surface area contributed by atoms with E-state index < -0.39 is 11.9 Å². The molecule has 1 heterocycles. The third kappa shape index (κ3) is 4.15. The smallest absolute Gasteiger partial charge is 0.343 e. The maximum absolute atomic E-state index is 12.6. The lowest BCUT2D eigenvalue weighted by Gasteiger charge is -2.12. The first-order valence-electron chi connectivity index (χ1n) is 9.44. The number of benzene rings is 3. The minimum absolute atomic E-state index is 0.0627. The number of carbonyl (C=O) groups excluding carboxylic acids is 1. The van der Waals surface area contributed by atoms with Crippen LogP contribution in [0.2, 0.25) is 0 Å². The van der Waals surface area contributed by atoms with Crippen LogP contribution in [-0.2, 0) is 0 Å². The molecule has 9 nitrogen and oxygen atoms in total. The van der Waals surface area contributed by atoms with Gasteiger partial charge in [0.05, 0.1) is 12.1 Å². The number of nitrogen functional groups attached to an aromatic ring is 1. The molecule has 9 heteroatoms. The molecule has 1 aliphatic rings. The van der Waals surface area contributed by atoms with E-state index in [2.05, 4.69) is 15.6 Å². The third-order valence-corrected chi connectivity index (χ3v) is 4.77. The molecule has 0 amide bonds. The highest BCUT2D eigenvalue weighted by Crippen LogP contribution is 2.29. The molecule has 0 fully saturated rings. The topological polar surface area (TPSA) is 150 Å². The number of carboxylic acid groups (broad SMARTS) is 1. The first kappa shape index (κ1) is 19.9. The lowest BCUT2D eigenvalue weighted by molar-refractivity contribution is 0.0684. The van der Waals surface area contributed by atoms with Crippen LogP contribution in [0.3, 0.4) is 0 Å². The van der Waals surface area contributed by atoms with Gasteiger partial charge in [0.1, 0.15) is 17.1 Å². The number of aliphatic imine (C=N–C) groups is 1. The summed E-state index contributed by atoms with van der Waals surface area (Å²) < 4.78 is 5.41. The fraction of sp³-hybridized carbons (Fsp3) is 0.0909. The Morgan fingerprint density at radius 2 is 1.84 bits per heavy atom. The summed E-state index contributed by atoms with van der Waals surface area (Å²) in [4.78, 5) is 28.7. The normalized spacial score (nSPS) is 12.7. The molecule has 6 N–H and O–H groups in total. The number of nitrogens with two attached hydrogens (primary N) is 1. The van der Waals surface area contributed by atoms with E-state index in [0.717, 1.165) is 12.2 Å². The number of guanidine groups is 1. The zero-order chi connectivity index (χ0) is 22.0. The Morgan fingerprint density at radius 3 is 2.48 bits per heavy atom. The Balaban J connectivity index is 1.59. The fourth-order valence-electron chi connectivity index (χ4n) is 3.25. The predicted molar refractivity (Wildman–Crippen MR) is 117 cm³/mol. The zero-order valence-corrected chi connectivity index (χ0v) is 16.3. The van der Waals surface area contributed by atoms with Gasteiger partial charge in [-0.05, 0) is 41.8 Å². The van der Waals surface area contributed by atoms with Crippen molar-refractivity contribution in [3.8, 4) is 5.75 Å². The van der Waals surface area contributed by atoms with Crippen LogP contribution < -0.4 is 21.1 Å². The van der Waals surface area contributed by atoms with Gasteiger partial charge in [0.25, 0.3) is 0 Å². The molecular formula is C22H19N5O4. The summed E-state index contributed by atoms with van der Waals surface area (Å²) in [6.07, 6.45) is 0. The SMILES string of the molecule is N=C(N)c1ccc2c(C(=O)O)c(OC(=O)c3ccc(NC4=NCCN4)cc3)ccc2c1. The molecule has 0 saturated carbocycles. The molecule has 0 saturated heterocycles. The minimum Gasteiger partial charge on any atom is -0.478 e. The van der Waals surface area contributed by atoms with Gasteiger partial charge >= 0.3 is 11.9 Å². The van der Waals surface area contributed by atoms with Crippen molar-refractivity contribution in [2.45, 2.75) is 0 Å². The number of carbonyl (C=O) groups is 2. The van der Waals surface area contributed by atoms with E-state index in [4.69, 9.17) is 15.9 Å². The van der Waals surface area contributed by atoms with Crippen molar-refractivity contribution in [3.05, 3.63) is 71.3 Å². The van der Waals surface area contributed by atoms with E-state index in [1.807, 2.05) is 0 Å². The summed E-state index contributed by atoms with van der Waals surface area (Å²) in [5, 5.41) is 24.4. The maximum atomic E-state index is 12.6. The Labute approximate surface area is 177 Å². The van der Waals surface area contributed by atoms with Crippen molar-refractivity contribution in [2.75, 3.05) is 18.4 Å². The molecule has 156 valence electrons. The minimum atomic E-state index is -1.23. The summed E-state index contributed by atoms with van der Waals surface area (Å²) in [5.41, 5.74) is 6.87. The molecule has 0 atom stereocenters. The number of ether oxygens (including phenoxy) is 1. The number of amidine groups is 1. The molecule has 0 spiro atoms. The van der Waals surface area contributed by atoms with E-state index in [1.165, 1.54) is 6.07 Å². The Hall–Kier alpha value is -4.40. The average Bonchev–Trinajstić information content (AvgIpc) is 3.26. The van der Waals surface area contributed by atoms with Crippen LogP contribution in [0.25, 0.3) is 10.8 Å². The summed E-state index contributed by atoms with van der Waals surface area (Å²) in [6.45, 7) is 1.49. The van der Waals surface area contributed by atoms with Crippen LogP contribution in [-0.4, -0.2) is 41.9 Å². The van der Waals surface area contributed by atoms with E-state index >= 15 is 0 Å². The zero-order valence-electron chi connectivity index (χ0n) is 16.3. The van der Waals surface area contributed by atoms with Crippen LogP contribution in [0, 0.1) is 5.41 Å². The molecule has 0 aromatic heterocycles. The van der Waals surface area contributed by atoms with Crippen LogP contribution >= 0.6 is 0 Å². The lowest BCUT2D eigenvalue weighted by Crippen LogP contribution is -2.26. The largest absolute Gasteiger partial charge is 0.478 e. The highest BCUT2D eigenvalue weighted by atomic mass is 16.5. The van der Waals surface area contributed by atoms with Gasteiger partial charge in [-0.3, -0.25) is 10.4 Å². The summed E-state index contributed by atoms with van der Waals surface area (Å²) in [7, 11) is 0. The van der Waals surface area contributed by atoms with Gasteiger partial charge in [0.15, 0.2) is 5.96 Å². The predicted octanol–water partition coefficient (Wildman–Crippen LogP) is 2.41. The molecule has 0 radical (unpaired) electrons. The Morgan fingerprint density at radius 1 is 1.10 bits per heavy atom. The fourth-order valence-corrected chi connectivity index (χ4v) is 3.25. The number of nitrogens with one attached hydrogen (secondary N) is 3. The average molecular weight is 417 g/mol. The quantitative estimate of drug-likeness (QED) is 0.185. The lowest BCUT2D eigenvalue weighted by atomic mass is 10.0. The van der Waals surface area contributed by atoms with Gasteiger partial charge in [0, 0.05) is 23.2 Å². The van der Waals surface area contributed by atoms with Crippen molar-refractivity contribution in [2.24, 2.45) is 10.7 Å². The van der Waals surface area contributed by atoms with Crippen molar-refractivity contribution < 1.29 is 19.4 Å². The number of esters is 1. The van der Waals surface area contributed by atoms with Crippen molar-refractivity contribution in [3.63, 3.8) is 0 Å². The number of carboxylic acids is 1. The summed E-state index contributed by atoms with van der Waals surface area (Å²) in [6, 6.07) is 14.4. The summed E-state index contributed by atoms with van der Waals surface area (Å²) in [5.74, 6) is -1.42. The number of aromatic carboxylic acids is 1. The van der Waals surface area contributed by atoms with Crippen molar-refractivity contribution >= 4 is 40.2 Å². The molecule has 0 unspecified atom stereocenters. The molecule has 0 aliphatic carbocycles. The van der Waals surface area contributed by atoms with Gasteiger partial charge in [0.2, 0.25) is 0 Å². The Bertz CT molecular complexity index is 1230. The van der Waals surface area contributed by atoms with Crippen molar-refractivity contribution in [1.82, 2.24) is 5.32 Å². The van der Waals surface area contributed by atoms with Crippen molar-refractivity contribution in [1.29, 1.82) is 5.41 Å². The highest BCUT2D eigenvalue weighted by molar-refractivity contribution is 6.09. The first-order chi connectivity index (χ1) is 14.9. The molecule has 31 heavy (non-hydrogen) atoms. The van der Waals surface area contributed by atoms with Gasteiger partial charge < -0.3 is 26.2 Å². The number of rotatable bonds is 5. The second-order valence-corrected chi connectivity index (χ2v) is 6.84. The van der Waals surface area contributed by atoms with Crippen LogP contribution in [0.15, 0.2) is 59.6 Å². The van der Waals surface area contributed by atoms with Crippen LogP contribution in [0.1, 0.15) is 26.3 Å². The van der Waals surface area contributed by atoms with E-state index in [0.29, 0.717) is 28.8 Å². The number of fused-ring (bicyclic) bond motifs is 1. The third-order valence-electron chi connectivity index (χ3n) is 4.77. The second kappa shape index (κ2) is 8.15. The molecule has 0 bridgehead atoms. The van der Waals surface area contributed by atoms with E-state index in [-0.39, 0.29) is 22.7 Å². The van der Waals surface area contributed by atoms with Gasteiger partial charge in [-0.15, -0.1) is 0 Å². The number of nitrogens with zero attached hydrogens (tertiary/aromatic N) is 1. The summed E-state index contributed by atoms with van der Waals surface area (Å²) >= 11 is 0. The number of hydrogen-bond donors (Lipinski definition) is 5. The van der Waals surface area contributed by atoms with Crippen LogP contribution in [0.5, 0.6) is 5.75 Å². The molecule has 3 aromatic carbocycles. The molecule has 4 rings (SSSR count). The highest BCUT2D eigenvalue weighted by Gasteiger charge is 2.19. The number of anilines is 1. The second-order valence-electron chi connectivity index (χ2n) is 6.84. The standard InChI is InChI=1S/C22H19N5O4/c23-19(24)14-3-7-16-13(11-14)4-8-17(18(16)20(28)29)31-21(30)12-1-5-15(6-2-12)27-22-25-9-10-26-22/h1-8,11H,9-10H2,(H3,23,24)(H,28,29)(H2,25,26,27). The molecular weight excluding hydrogens is 398 g/mol. The van der Waals surface area contributed by atoms with E-state index in [1.54, 1.807) is 48.5 Å². The Kier molecular flexibility index (Phi) is 5.23. The van der Waals surface area contributed by atoms with Gasteiger partial charge in [-0.25, -0.2) is 9.59 Å². The maximum Gasteiger partial charge on any atom is 0.343 e. The van der Waals surface area contributed by atoms with E-state index in [9.17, 15) is 14.7 Å². The molecule has 1 aliphatic heterocycles. The van der Waals surface area contributed by atoms with Gasteiger partial charge in [-0.2, -0.15) is 0 Å². The monoisotopic (exact) mass is 417 g/mol. The van der Waals surface area contributed by atoms with Gasteiger partial charge in [-0.1, -0.05) is 18.2 Å².